The second kappa shape index (κ2) is 4.71. The predicted molar refractivity (Wildman–Crippen MR) is 82.9 cm³/mol. The highest BCUT2D eigenvalue weighted by molar-refractivity contribution is 9.10. The third-order valence-electron chi connectivity index (χ3n) is 2.72. The first kappa shape index (κ1) is 11.7. The molecule has 90 valence electrons. The van der Waals surface area contributed by atoms with E-state index in [9.17, 15) is 0 Å². The molecule has 3 nitrogen and oxygen atoms in total. The molecule has 0 amide bonds. The summed E-state index contributed by atoms with van der Waals surface area (Å²) in [6.45, 7) is 0. The van der Waals surface area contributed by atoms with Gasteiger partial charge in [0.15, 0.2) is 0 Å². The molecule has 0 spiro atoms. The lowest BCUT2D eigenvalue weighted by Gasteiger charge is -2.09. The molecule has 0 aliphatic carbocycles. The van der Waals surface area contributed by atoms with Gasteiger partial charge in [-0.25, -0.2) is 0 Å². The maximum atomic E-state index is 4.03. The van der Waals surface area contributed by atoms with Crippen LogP contribution in [0.25, 0.3) is 10.9 Å². The number of hydrogen-bond donors (Lipinski definition) is 2. The van der Waals surface area contributed by atoms with Gasteiger partial charge in [0.1, 0.15) is 0 Å². The van der Waals surface area contributed by atoms with Gasteiger partial charge in [0.25, 0.3) is 0 Å². The van der Waals surface area contributed by atoms with Crippen LogP contribution in [0.3, 0.4) is 0 Å². The summed E-state index contributed by atoms with van der Waals surface area (Å²) in [5.74, 6) is 0. The molecule has 2 aromatic carbocycles. The van der Waals surface area contributed by atoms with Crippen molar-refractivity contribution in [3.8, 4) is 0 Å². The molecule has 18 heavy (non-hydrogen) atoms. The van der Waals surface area contributed by atoms with Crippen molar-refractivity contribution in [3.63, 3.8) is 0 Å². The van der Waals surface area contributed by atoms with Crippen molar-refractivity contribution in [1.82, 2.24) is 10.2 Å². The summed E-state index contributed by atoms with van der Waals surface area (Å²) < 4.78 is 1.01. The fraction of sp³-hybridized carbons (Fsp3) is 0. The highest BCUT2D eigenvalue weighted by atomic mass is 79.9. The lowest BCUT2D eigenvalue weighted by molar-refractivity contribution is 1.12. The van der Waals surface area contributed by atoms with Crippen molar-refractivity contribution < 1.29 is 0 Å². The molecule has 0 saturated heterocycles. The van der Waals surface area contributed by atoms with E-state index in [2.05, 4.69) is 58.9 Å². The second-order valence-corrected chi connectivity index (χ2v) is 5.56. The zero-order valence-electron chi connectivity index (χ0n) is 9.44. The number of nitrogens with one attached hydrogen (secondary N) is 2. The van der Waals surface area contributed by atoms with Gasteiger partial charge in [-0.3, -0.25) is 5.10 Å². The van der Waals surface area contributed by atoms with Crippen LogP contribution in [-0.4, -0.2) is 10.2 Å². The molecule has 0 fully saturated rings. The summed E-state index contributed by atoms with van der Waals surface area (Å²) >= 11 is 3.56. The number of aromatic nitrogens is 2. The Kier molecular flexibility index (Phi) is 3.06. The molecule has 0 aliphatic heterocycles. The summed E-state index contributed by atoms with van der Waals surface area (Å²) in [6, 6.07) is 12.3. The number of anilines is 2. The first-order valence-electron chi connectivity index (χ1n) is 5.47. The van der Waals surface area contributed by atoms with Gasteiger partial charge in [-0.15, -0.1) is 9.24 Å². The smallest absolute Gasteiger partial charge is 0.0663 e. The van der Waals surface area contributed by atoms with Gasteiger partial charge in [0.05, 0.1) is 17.4 Å². The van der Waals surface area contributed by atoms with Crippen molar-refractivity contribution in [2.75, 3.05) is 5.32 Å². The number of halogens is 1. The third kappa shape index (κ3) is 2.26. The van der Waals surface area contributed by atoms with E-state index >= 15 is 0 Å². The summed E-state index contributed by atoms with van der Waals surface area (Å²) in [5.41, 5.74) is 3.11. The summed E-state index contributed by atoms with van der Waals surface area (Å²) in [7, 11) is 2.68. The van der Waals surface area contributed by atoms with Gasteiger partial charge in [-0.05, 0) is 45.5 Å². The molecule has 3 aromatic rings. The second-order valence-electron chi connectivity index (χ2n) is 4.04. The molecule has 0 bridgehead atoms. The predicted octanol–water partition coefficient (Wildman–Crippen LogP) is 3.57. The van der Waals surface area contributed by atoms with E-state index in [-0.39, 0.29) is 0 Å². The topological polar surface area (TPSA) is 40.7 Å². The Hall–Kier alpha value is -1.38. The zero-order valence-corrected chi connectivity index (χ0v) is 12.2. The number of aromatic amines is 1. The van der Waals surface area contributed by atoms with E-state index in [1.807, 2.05) is 24.4 Å². The van der Waals surface area contributed by atoms with Crippen LogP contribution in [0, 0.1) is 0 Å². The SMILES string of the molecule is Pc1ccc(Nc2cc3cn[nH]c3cc2Br)cc1. The fourth-order valence-electron chi connectivity index (χ4n) is 1.78. The van der Waals surface area contributed by atoms with Crippen LogP contribution in [0.4, 0.5) is 11.4 Å². The Morgan fingerprint density at radius 1 is 1.17 bits per heavy atom. The molecule has 1 aromatic heterocycles. The lowest BCUT2D eigenvalue weighted by Crippen LogP contribution is -1.94. The lowest BCUT2D eigenvalue weighted by atomic mass is 10.2. The summed E-state index contributed by atoms with van der Waals surface area (Å²) in [6.07, 6.45) is 1.82. The first-order chi connectivity index (χ1) is 8.72. The molecule has 1 atom stereocenters. The van der Waals surface area contributed by atoms with Crippen LogP contribution in [0.5, 0.6) is 0 Å². The van der Waals surface area contributed by atoms with Crippen molar-refractivity contribution in [2.45, 2.75) is 0 Å². The van der Waals surface area contributed by atoms with Crippen LogP contribution in [-0.2, 0) is 0 Å². The standard InChI is InChI=1S/C13H11BrN3P/c14-11-6-12-8(7-15-17-12)5-13(11)16-9-1-3-10(18)4-2-9/h1-7,16H,18H2,(H,15,17). The molecule has 0 radical (unpaired) electrons. The number of nitrogens with zero attached hydrogens (tertiary/aromatic N) is 1. The van der Waals surface area contributed by atoms with Crippen LogP contribution in [0.15, 0.2) is 47.1 Å². The highest BCUT2D eigenvalue weighted by Gasteiger charge is 2.04. The van der Waals surface area contributed by atoms with Gasteiger partial charge in [-0.1, -0.05) is 12.1 Å². The maximum Gasteiger partial charge on any atom is 0.0663 e. The van der Waals surface area contributed by atoms with Gasteiger partial charge >= 0.3 is 0 Å². The van der Waals surface area contributed by atoms with Gasteiger partial charge in [-0.2, -0.15) is 5.10 Å². The van der Waals surface area contributed by atoms with Gasteiger partial charge in [0.2, 0.25) is 0 Å². The quantitative estimate of drug-likeness (QED) is 0.709. The largest absolute Gasteiger partial charge is 0.355 e. The van der Waals surface area contributed by atoms with Crippen LogP contribution < -0.4 is 10.6 Å². The molecule has 0 aliphatic rings. The van der Waals surface area contributed by atoms with E-state index in [0.717, 1.165) is 26.8 Å². The highest BCUT2D eigenvalue weighted by Crippen LogP contribution is 2.29. The van der Waals surface area contributed by atoms with Gasteiger partial charge < -0.3 is 5.32 Å². The fourth-order valence-corrected chi connectivity index (χ4v) is 2.42. The first-order valence-corrected chi connectivity index (χ1v) is 6.84. The maximum absolute atomic E-state index is 4.03. The normalized spacial score (nSPS) is 10.8. The van der Waals surface area contributed by atoms with E-state index in [1.165, 1.54) is 5.30 Å². The molecule has 5 heteroatoms. The Morgan fingerprint density at radius 2 is 1.94 bits per heavy atom. The number of H-pyrrole nitrogens is 1. The molecule has 0 saturated carbocycles. The Labute approximate surface area is 115 Å². The Morgan fingerprint density at radius 3 is 2.72 bits per heavy atom. The summed E-state index contributed by atoms with van der Waals surface area (Å²) in [5, 5.41) is 12.6. The number of fused-ring (bicyclic) bond motifs is 1. The number of rotatable bonds is 2. The van der Waals surface area contributed by atoms with Gasteiger partial charge in [0, 0.05) is 15.5 Å². The van der Waals surface area contributed by atoms with Crippen LogP contribution in [0.2, 0.25) is 0 Å². The van der Waals surface area contributed by atoms with E-state index in [1.54, 1.807) is 0 Å². The molecule has 3 rings (SSSR count). The van der Waals surface area contributed by atoms with Crippen molar-refractivity contribution in [3.05, 3.63) is 47.1 Å². The minimum Gasteiger partial charge on any atom is -0.355 e. The third-order valence-corrected chi connectivity index (χ3v) is 3.76. The monoisotopic (exact) mass is 319 g/mol. The van der Waals surface area contributed by atoms with Crippen molar-refractivity contribution in [1.29, 1.82) is 0 Å². The molecule has 1 unspecified atom stereocenters. The minimum atomic E-state index is 1.01. The van der Waals surface area contributed by atoms with E-state index < -0.39 is 0 Å². The molecular weight excluding hydrogens is 309 g/mol. The average Bonchev–Trinajstić information content (AvgIpc) is 2.79. The van der Waals surface area contributed by atoms with Crippen molar-refractivity contribution in [2.24, 2.45) is 0 Å². The van der Waals surface area contributed by atoms with E-state index in [4.69, 9.17) is 0 Å². The minimum absolute atomic E-state index is 1.01. The molecule has 1 heterocycles. The van der Waals surface area contributed by atoms with Crippen LogP contribution in [0.1, 0.15) is 0 Å². The average molecular weight is 320 g/mol. The molecule has 2 N–H and O–H groups in total. The zero-order chi connectivity index (χ0) is 12.5. The van der Waals surface area contributed by atoms with Crippen LogP contribution >= 0.6 is 25.2 Å². The van der Waals surface area contributed by atoms with E-state index in [0.29, 0.717) is 0 Å². The van der Waals surface area contributed by atoms with Crippen molar-refractivity contribution >= 4 is 52.8 Å². The molecular formula is C13H11BrN3P. The number of hydrogen-bond acceptors (Lipinski definition) is 2. The number of benzene rings is 2. The summed E-state index contributed by atoms with van der Waals surface area (Å²) in [4.78, 5) is 0. The Balaban J connectivity index is 1.98. The Bertz CT molecular complexity index is 691.